The van der Waals surface area contributed by atoms with E-state index in [1.165, 1.54) is 14.2 Å². The van der Waals surface area contributed by atoms with Gasteiger partial charge in [-0.2, -0.15) is 0 Å². The van der Waals surface area contributed by atoms with Gasteiger partial charge in [0.1, 0.15) is 23.0 Å². The molecule has 1 aliphatic heterocycles. The Kier molecular flexibility index (Phi) is 6.04. The van der Waals surface area contributed by atoms with Crippen molar-refractivity contribution in [1.29, 1.82) is 0 Å². The van der Waals surface area contributed by atoms with E-state index < -0.39 is 11.8 Å². The highest BCUT2D eigenvalue weighted by atomic mass is 16.5. The smallest absolute Gasteiger partial charge is 0.266 e. The van der Waals surface area contributed by atoms with Gasteiger partial charge in [0.25, 0.3) is 11.8 Å². The molecule has 0 atom stereocenters. The summed E-state index contributed by atoms with van der Waals surface area (Å²) in [5, 5.41) is 0. The van der Waals surface area contributed by atoms with Crippen LogP contribution < -0.4 is 23.8 Å². The number of para-hydroxylation sites is 2. The summed E-state index contributed by atoms with van der Waals surface area (Å²) >= 11 is 0. The summed E-state index contributed by atoms with van der Waals surface area (Å²) in [7, 11) is 6.13. The molecule has 0 aromatic heterocycles. The number of carbonyl (C=O) groups is 2. The molecule has 168 valence electrons. The molecule has 0 fully saturated rings. The van der Waals surface area contributed by atoms with Gasteiger partial charge in [-0.15, -0.1) is 0 Å². The lowest BCUT2D eigenvalue weighted by molar-refractivity contribution is -0.112. The van der Waals surface area contributed by atoms with Crippen LogP contribution in [0.4, 0.5) is 5.69 Å². The Morgan fingerprint density at radius 3 is 1.97 bits per heavy atom. The number of imide groups is 1. The average molecular weight is 445 g/mol. The van der Waals surface area contributed by atoms with Crippen molar-refractivity contribution in [3.63, 3.8) is 0 Å². The number of fused-ring (bicyclic) bond motifs is 1. The van der Waals surface area contributed by atoms with E-state index in [9.17, 15) is 9.59 Å². The number of rotatable bonds is 6. The first-order chi connectivity index (χ1) is 16.0. The van der Waals surface area contributed by atoms with Crippen molar-refractivity contribution in [3.8, 4) is 23.0 Å². The van der Waals surface area contributed by atoms with Crippen molar-refractivity contribution in [1.82, 2.24) is 0 Å². The van der Waals surface area contributed by atoms with Crippen molar-refractivity contribution in [2.45, 2.75) is 0 Å². The highest BCUT2D eigenvalue weighted by Gasteiger charge is 2.37. The van der Waals surface area contributed by atoms with E-state index in [0.29, 0.717) is 50.9 Å². The zero-order valence-corrected chi connectivity index (χ0v) is 18.7. The van der Waals surface area contributed by atoms with E-state index in [4.69, 9.17) is 18.9 Å². The lowest BCUT2D eigenvalue weighted by Crippen LogP contribution is -2.42. The van der Waals surface area contributed by atoms with Crippen LogP contribution in [-0.4, -0.2) is 40.3 Å². The highest BCUT2D eigenvalue weighted by molar-refractivity contribution is 6.43. The van der Waals surface area contributed by atoms with Crippen molar-refractivity contribution in [2.24, 2.45) is 0 Å². The third kappa shape index (κ3) is 4.01. The molecule has 0 bridgehead atoms. The molecule has 3 aromatic carbocycles. The Morgan fingerprint density at radius 1 is 0.667 bits per heavy atom. The zero-order valence-electron chi connectivity index (χ0n) is 18.7. The van der Waals surface area contributed by atoms with E-state index in [2.05, 4.69) is 0 Å². The van der Waals surface area contributed by atoms with Gasteiger partial charge >= 0.3 is 0 Å². The maximum atomic E-state index is 13.7. The lowest BCUT2D eigenvalue weighted by Gasteiger charge is -2.30. The van der Waals surface area contributed by atoms with Crippen molar-refractivity contribution >= 4 is 29.2 Å². The van der Waals surface area contributed by atoms with Crippen LogP contribution in [0.3, 0.4) is 0 Å². The maximum Gasteiger partial charge on any atom is 0.266 e. The van der Waals surface area contributed by atoms with Gasteiger partial charge < -0.3 is 18.9 Å². The fraction of sp³-hybridized carbons (Fsp3) is 0.154. The molecule has 3 aromatic rings. The number of ether oxygens (including phenoxy) is 4. The third-order valence-electron chi connectivity index (χ3n) is 5.39. The molecule has 0 spiro atoms. The summed E-state index contributed by atoms with van der Waals surface area (Å²) in [6.45, 7) is 0. The highest BCUT2D eigenvalue weighted by Crippen LogP contribution is 2.39. The van der Waals surface area contributed by atoms with E-state index in [1.54, 1.807) is 81.0 Å². The first kappa shape index (κ1) is 22.0. The number of hydrogen-bond acceptors (Lipinski definition) is 6. The summed E-state index contributed by atoms with van der Waals surface area (Å²) < 4.78 is 21.5. The Hall–Kier alpha value is -4.26. The molecule has 0 radical (unpaired) electrons. The molecule has 33 heavy (non-hydrogen) atoms. The third-order valence-corrected chi connectivity index (χ3v) is 5.39. The van der Waals surface area contributed by atoms with E-state index in [0.717, 1.165) is 4.90 Å². The molecule has 0 saturated heterocycles. The minimum absolute atomic E-state index is 0.341. The Labute approximate surface area is 191 Å². The number of amides is 2. The van der Waals surface area contributed by atoms with E-state index in [1.807, 2.05) is 0 Å². The van der Waals surface area contributed by atoms with Gasteiger partial charge in [-0.3, -0.25) is 9.59 Å². The van der Waals surface area contributed by atoms with Gasteiger partial charge in [0.15, 0.2) is 0 Å². The molecule has 7 heteroatoms. The number of benzene rings is 3. The zero-order chi connectivity index (χ0) is 23.5. The summed E-state index contributed by atoms with van der Waals surface area (Å²) in [5.74, 6) is 1.16. The minimum Gasteiger partial charge on any atom is -0.497 e. The largest absolute Gasteiger partial charge is 0.497 e. The summed E-state index contributed by atoms with van der Waals surface area (Å²) in [6, 6.07) is 17.3. The second-order valence-electron chi connectivity index (χ2n) is 7.23. The van der Waals surface area contributed by atoms with Crippen LogP contribution in [-0.2, 0) is 4.79 Å². The van der Waals surface area contributed by atoms with Gasteiger partial charge in [-0.05, 0) is 54.1 Å². The summed E-state index contributed by atoms with van der Waals surface area (Å²) in [5.41, 5.74) is 2.25. The second kappa shape index (κ2) is 9.08. The van der Waals surface area contributed by atoms with Gasteiger partial charge in [-0.1, -0.05) is 12.1 Å². The molecule has 0 unspecified atom stereocenters. The fourth-order valence-electron chi connectivity index (χ4n) is 3.76. The van der Waals surface area contributed by atoms with Crippen LogP contribution in [0.5, 0.6) is 23.0 Å². The van der Waals surface area contributed by atoms with Crippen LogP contribution in [0, 0.1) is 0 Å². The van der Waals surface area contributed by atoms with Crippen molar-refractivity contribution < 1.29 is 28.5 Å². The first-order valence-electron chi connectivity index (χ1n) is 10.2. The monoisotopic (exact) mass is 445 g/mol. The predicted octanol–water partition coefficient (Wildman–Crippen LogP) is 4.45. The van der Waals surface area contributed by atoms with Gasteiger partial charge in [-0.25, -0.2) is 4.90 Å². The number of carbonyl (C=O) groups excluding carboxylic acids is 2. The molecule has 4 rings (SSSR count). The van der Waals surface area contributed by atoms with Crippen LogP contribution in [0.1, 0.15) is 21.5 Å². The molecule has 7 nitrogen and oxygen atoms in total. The SMILES string of the molecule is COc1cc(/C=C2/C(=O)N(c3ccccc3OC)C(=O)c3cc(OC)ccc32)cc(OC)c1. The molecular formula is C26H23NO6. The van der Waals surface area contributed by atoms with Crippen LogP contribution >= 0.6 is 0 Å². The van der Waals surface area contributed by atoms with Gasteiger partial charge in [0, 0.05) is 17.2 Å². The topological polar surface area (TPSA) is 74.3 Å². The number of hydrogen-bond donors (Lipinski definition) is 0. The Morgan fingerprint density at radius 2 is 1.33 bits per heavy atom. The van der Waals surface area contributed by atoms with Gasteiger partial charge in [0.05, 0.1) is 39.7 Å². The lowest BCUT2D eigenvalue weighted by atomic mass is 9.91. The Balaban J connectivity index is 1.95. The van der Waals surface area contributed by atoms with Crippen molar-refractivity contribution in [2.75, 3.05) is 33.3 Å². The Bertz CT molecular complexity index is 1240. The van der Waals surface area contributed by atoms with Crippen LogP contribution in [0.25, 0.3) is 11.6 Å². The molecule has 2 amide bonds. The molecule has 1 aliphatic rings. The molecule has 0 saturated carbocycles. The maximum absolute atomic E-state index is 13.7. The average Bonchev–Trinajstić information content (AvgIpc) is 2.86. The number of nitrogens with zero attached hydrogens (tertiary/aromatic N) is 1. The molecule has 0 N–H and O–H groups in total. The molecule has 0 aliphatic carbocycles. The standard InChI is InChI=1S/C26H23NO6/c1-30-17-9-10-20-21(13-16-11-18(31-2)14-19(12-16)32-3)25(28)27(26(29)22(20)15-17)23-7-5-6-8-24(23)33-4/h5-15H,1-4H3/b21-13+. The minimum atomic E-state index is -0.469. The van der Waals surface area contributed by atoms with Gasteiger partial charge in [0.2, 0.25) is 0 Å². The van der Waals surface area contributed by atoms with E-state index in [-0.39, 0.29) is 0 Å². The second-order valence-corrected chi connectivity index (χ2v) is 7.23. The summed E-state index contributed by atoms with van der Waals surface area (Å²) in [4.78, 5) is 28.3. The fourth-order valence-corrected chi connectivity index (χ4v) is 3.76. The number of anilines is 1. The molecular weight excluding hydrogens is 422 g/mol. The first-order valence-corrected chi connectivity index (χ1v) is 10.2. The quantitative estimate of drug-likeness (QED) is 0.412. The number of methoxy groups -OCH3 is 4. The molecule has 1 heterocycles. The predicted molar refractivity (Wildman–Crippen MR) is 125 cm³/mol. The van der Waals surface area contributed by atoms with E-state index >= 15 is 0 Å². The summed E-state index contributed by atoms with van der Waals surface area (Å²) in [6.07, 6.45) is 1.72. The van der Waals surface area contributed by atoms with Crippen LogP contribution in [0.2, 0.25) is 0 Å². The van der Waals surface area contributed by atoms with Crippen molar-refractivity contribution in [3.05, 3.63) is 77.4 Å². The van der Waals surface area contributed by atoms with Crippen LogP contribution in [0.15, 0.2) is 60.7 Å². The normalized spacial score (nSPS) is 14.2.